The van der Waals surface area contributed by atoms with Crippen LogP contribution in [-0.2, 0) is 16.1 Å². The van der Waals surface area contributed by atoms with Gasteiger partial charge in [0, 0.05) is 24.2 Å². The van der Waals surface area contributed by atoms with Crippen LogP contribution in [0.15, 0.2) is 48.7 Å². The Labute approximate surface area is 139 Å². The number of hydrogen-bond acceptors (Lipinski definition) is 5. The van der Waals surface area contributed by atoms with Crippen molar-refractivity contribution in [3.63, 3.8) is 0 Å². The normalized spacial score (nSPS) is 11.4. The number of ether oxygens (including phenoxy) is 2. The van der Waals surface area contributed by atoms with Gasteiger partial charge in [-0.05, 0) is 19.1 Å². The number of para-hydroxylation sites is 1. The van der Waals surface area contributed by atoms with E-state index in [2.05, 4.69) is 5.32 Å². The highest BCUT2D eigenvalue weighted by molar-refractivity contribution is 5.89. The zero-order chi connectivity index (χ0) is 17.5. The first-order valence-electron chi connectivity index (χ1n) is 7.31. The van der Waals surface area contributed by atoms with Gasteiger partial charge in [-0.15, -0.1) is 0 Å². The maximum atomic E-state index is 12.1. The Hall–Kier alpha value is -3.09. The molecule has 0 aliphatic carbocycles. The van der Waals surface area contributed by atoms with Crippen molar-refractivity contribution in [1.29, 1.82) is 0 Å². The molecule has 1 aromatic carbocycles. The van der Waals surface area contributed by atoms with Gasteiger partial charge in [-0.1, -0.05) is 18.2 Å². The Morgan fingerprint density at radius 3 is 2.62 bits per heavy atom. The fraction of sp³-hybridized carbons (Fsp3) is 0.235. The molecule has 0 radical (unpaired) electrons. The molecule has 126 valence electrons. The van der Waals surface area contributed by atoms with Gasteiger partial charge in [0.25, 0.3) is 5.91 Å². The van der Waals surface area contributed by atoms with Crippen LogP contribution >= 0.6 is 0 Å². The van der Waals surface area contributed by atoms with Gasteiger partial charge in [-0.25, -0.2) is 4.79 Å². The number of rotatable bonds is 6. The molecule has 0 aliphatic rings. The van der Waals surface area contributed by atoms with Gasteiger partial charge in [0.05, 0.1) is 7.11 Å². The number of nitrogens with one attached hydrogen (secondary N) is 1. The minimum atomic E-state index is -1.03. The molecule has 1 atom stereocenters. The number of amides is 1. The van der Waals surface area contributed by atoms with Crippen LogP contribution < -0.4 is 14.8 Å². The second-order valence-electron chi connectivity index (χ2n) is 4.99. The molecule has 0 unspecified atom stereocenters. The summed E-state index contributed by atoms with van der Waals surface area (Å²) < 4.78 is 10.6. The summed E-state index contributed by atoms with van der Waals surface area (Å²) in [6, 6.07) is 11.6. The van der Waals surface area contributed by atoms with Crippen LogP contribution in [-0.4, -0.2) is 25.1 Å². The number of aromatic nitrogens is 1. The molecule has 0 bridgehead atoms. The van der Waals surface area contributed by atoms with Crippen LogP contribution in [0.1, 0.15) is 23.0 Å². The van der Waals surface area contributed by atoms with Crippen molar-refractivity contribution in [3.8, 4) is 5.75 Å². The second-order valence-corrected chi connectivity index (χ2v) is 4.99. The molecule has 0 spiro atoms. The monoisotopic (exact) mass is 330 g/mol. The van der Waals surface area contributed by atoms with Crippen molar-refractivity contribution >= 4 is 11.9 Å². The van der Waals surface area contributed by atoms with Crippen LogP contribution in [0.2, 0.25) is 0 Å². The number of methoxy groups -OCH3 is 1. The minimum absolute atomic E-state index is 0.179. The maximum absolute atomic E-state index is 12.1. The molecule has 0 saturated heterocycles. The lowest BCUT2D eigenvalue weighted by atomic mass is 10.2. The standard InChI is InChI=1S/C17H18N2O5/c1-12(24-17(21)14-8-5-6-10-19(14)22)16(20)18-11-13-7-3-4-9-15(13)23-2/h3-10,12H,11H2,1-2H3,(H,18,20)/t12-/m1/s1. The van der Waals surface area contributed by atoms with Crippen molar-refractivity contribution in [1.82, 2.24) is 5.32 Å². The third-order valence-corrected chi connectivity index (χ3v) is 3.33. The molecule has 1 aromatic heterocycles. The number of hydrogen-bond donors (Lipinski definition) is 1. The van der Waals surface area contributed by atoms with Crippen molar-refractivity contribution in [3.05, 3.63) is 65.1 Å². The zero-order valence-electron chi connectivity index (χ0n) is 13.4. The Morgan fingerprint density at radius 2 is 1.92 bits per heavy atom. The number of esters is 1. The van der Waals surface area contributed by atoms with Gasteiger partial charge in [0.15, 0.2) is 12.3 Å². The summed E-state index contributed by atoms with van der Waals surface area (Å²) in [7, 11) is 1.54. The number of carbonyl (C=O) groups is 2. The Kier molecular flexibility index (Phi) is 5.73. The smallest absolute Gasteiger partial charge is 0.405 e. The van der Waals surface area contributed by atoms with Gasteiger partial charge in [0.2, 0.25) is 0 Å². The lowest BCUT2D eigenvalue weighted by Crippen LogP contribution is -2.39. The van der Waals surface area contributed by atoms with Crippen molar-refractivity contribution in [2.75, 3.05) is 7.11 Å². The first kappa shape index (κ1) is 17.3. The van der Waals surface area contributed by atoms with E-state index >= 15 is 0 Å². The molecule has 7 heteroatoms. The Morgan fingerprint density at radius 1 is 1.21 bits per heavy atom. The summed E-state index contributed by atoms with van der Waals surface area (Å²) in [6.07, 6.45) is 0.149. The summed E-state index contributed by atoms with van der Waals surface area (Å²) in [6.45, 7) is 1.67. The molecule has 2 rings (SSSR count). The Bertz CT molecular complexity index is 732. The quantitative estimate of drug-likeness (QED) is 0.488. The number of benzene rings is 1. The first-order chi connectivity index (χ1) is 11.5. The predicted molar refractivity (Wildman–Crippen MR) is 85.1 cm³/mol. The number of nitrogens with zero attached hydrogens (tertiary/aromatic N) is 1. The van der Waals surface area contributed by atoms with Crippen LogP contribution in [0.4, 0.5) is 0 Å². The van der Waals surface area contributed by atoms with Crippen molar-refractivity contribution < 1.29 is 23.8 Å². The summed E-state index contributed by atoms with van der Waals surface area (Å²) >= 11 is 0. The number of pyridine rings is 1. The van der Waals surface area contributed by atoms with E-state index in [4.69, 9.17) is 9.47 Å². The molecule has 0 saturated carbocycles. The molecule has 7 nitrogen and oxygen atoms in total. The van der Waals surface area contributed by atoms with Crippen LogP contribution in [0, 0.1) is 5.21 Å². The molecule has 0 fully saturated rings. The molecular formula is C17H18N2O5. The highest BCUT2D eigenvalue weighted by atomic mass is 16.6. The van der Waals surface area contributed by atoms with E-state index in [9.17, 15) is 14.8 Å². The molecular weight excluding hydrogens is 312 g/mol. The third-order valence-electron chi connectivity index (χ3n) is 3.33. The lowest BCUT2D eigenvalue weighted by molar-refractivity contribution is -0.608. The fourth-order valence-electron chi connectivity index (χ4n) is 2.04. The van der Waals surface area contributed by atoms with Crippen LogP contribution in [0.5, 0.6) is 5.75 Å². The highest BCUT2D eigenvalue weighted by Crippen LogP contribution is 2.16. The molecule has 24 heavy (non-hydrogen) atoms. The van der Waals surface area contributed by atoms with E-state index in [1.165, 1.54) is 31.3 Å². The summed E-state index contributed by atoms with van der Waals surface area (Å²) in [4.78, 5) is 24.0. The predicted octanol–water partition coefficient (Wildman–Crippen LogP) is 1.19. The van der Waals surface area contributed by atoms with E-state index < -0.39 is 18.0 Å². The van der Waals surface area contributed by atoms with Crippen LogP contribution in [0.25, 0.3) is 0 Å². The summed E-state index contributed by atoms with van der Waals surface area (Å²) in [5, 5.41) is 14.2. The average molecular weight is 330 g/mol. The van der Waals surface area contributed by atoms with Crippen molar-refractivity contribution in [2.45, 2.75) is 19.6 Å². The average Bonchev–Trinajstić information content (AvgIpc) is 2.60. The largest absolute Gasteiger partial charge is 0.618 e. The topological polar surface area (TPSA) is 91.6 Å². The fourth-order valence-corrected chi connectivity index (χ4v) is 2.04. The van der Waals surface area contributed by atoms with Crippen molar-refractivity contribution in [2.24, 2.45) is 0 Å². The van der Waals surface area contributed by atoms with E-state index in [1.807, 2.05) is 18.2 Å². The van der Waals surface area contributed by atoms with E-state index in [1.54, 1.807) is 13.2 Å². The van der Waals surface area contributed by atoms with Crippen LogP contribution in [0.3, 0.4) is 0 Å². The number of carbonyl (C=O) groups excluding carboxylic acids is 2. The van der Waals surface area contributed by atoms with Gasteiger partial charge in [-0.3, -0.25) is 4.79 Å². The SMILES string of the molecule is COc1ccccc1CNC(=O)[C@@H](C)OC(=O)c1cccc[n+]1[O-]. The van der Waals surface area contributed by atoms with Gasteiger partial charge >= 0.3 is 11.7 Å². The highest BCUT2D eigenvalue weighted by Gasteiger charge is 2.23. The van der Waals surface area contributed by atoms with Gasteiger partial charge < -0.3 is 20.0 Å². The third kappa shape index (κ3) is 4.22. The minimum Gasteiger partial charge on any atom is -0.618 e. The van der Waals surface area contributed by atoms with Gasteiger partial charge in [-0.2, -0.15) is 4.73 Å². The Balaban J connectivity index is 1.93. The van der Waals surface area contributed by atoms with Gasteiger partial charge in [0.1, 0.15) is 5.75 Å². The summed E-state index contributed by atoms with van der Waals surface area (Å²) in [5.41, 5.74) is 0.620. The molecule has 2 aromatic rings. The van der Waals surface area contributed by atoms with E-state index in [0.717, 1.165) is 5.56 Å². The summed E-state index contributed by atoms with van der Waals surface area (Å²) in [5.74, 6) is -0.674. The molecule has 0 aliphatic heterocycles. The zero-order valence-corrected chi connectivity index (χ0v) is 13.4. The van der Waals surface area contributed by atoms with E-state index in [0.29, 0.717) is 10.5 Å². The molecule has 1 N–H and O–H groups in total. The molecule has 1 heterocycles. The van der Waals surface area contributed by atoms with E-state index in [-0.39, 0.29) is 12.2 Å². The second kappa shape index (κ2) is 7.96. The lowest BCUT2D eigenvalue weighted by Gasteiger charge is -2.14. The maximum Gasteiger partial charge on any atom is 0.405 e. The first-order valence-corrected chi connectivity index (χ1v) is 7.31. The molecule has 1 amide bonds.